The van der Waals surface area contributed by atoms with E-state index in [2.05, 4.69) is 65.1 Å². The Morgan fingerprint density at radius 3 is 2.05 bits per heavy atom. The second-order valence-electron chi connectivity index (χ2n) is 11.6. The molecule has 1 spiro atoms. The van der Waals surface area contributed by atoms with E-state index in [1.807, 2.05) is 24.5 Å². The molecular weight excluding hydrogens is 464 g/mol. The molecule has 37 heavy (non-hydrogen) atoms. The summed E-state index contributed by atoms with van der Waals surface area (Å²) in [6.07, 6.45) is 7.18. The predicted molar refractivity (Wildman–Crippen MR) is 142 cm³/mol. The van der Waals surface area contributed by atoms with Gasteiger partial charge in [-0.15, -0.1) is 0 Å². The molecule has 2 aromatic carbocycles. The molecule has 1 aromatic heterocycles. The van der Waals surface area contributed by atoms with Crippen molar-refractivity contribution < 1.29 is 14.3 Å². The average molecular weight is 499 g/mol. The zero-order valence-electron chi connectivity index (χ0n) is 21.5. The van der Waals surface area contributed by atoms with Crippen LogP contribution in [0.1, 0.15) is 56.2 Å². The Morgan fingerprint density at radius 2 is 1.51 bits per heavy atom. The van der Waals surface area contributed by atoms with Crippen LogP contribution in [0.3, 0.4) is 0 Å². The van der Waals surface area contributed by atoms with Crippen LogP contribution in [0.2, 0.25) is 0 Å². The highest BCUT2D eigenvalue weighted by Crippen LogP contribution is 2.46. The number of anilines is 1. The quantitative estimate of drug-likeness (QED) is 0.492. The van der Waals surface area contributed by atoms with Crippen molar-refractivity contribution in [3.8, 4) is 11.5 Å². The molecular formula is C30H34N4O3. The van der Waals surface area contributed by atoms with Crippen molar-refractivity contribution in [2.75, 3.05) is 18.0 Å². The standard InChI is InChI=1S/C30H34N4O3/c1-29(2,22-5-9-26(10-6-22)37-27-11-23(31)12-27)21-3-7-25(8-4-21)36-17-20-15-32-28(33-16-20)34-18-30(19-34)13-24(35)14-30/h3-10,15-16,23,27H,11-14,17-19,31H2,1-2H3. The molecule has 0 radical (unpaired) electrons. The van der Waals surface area contributed by atoms with Crippen molar-refractivity contribution in [2.45, 2.75) is 63.7 Å². The molecule has 0 amide bonds. The van der Waals surface area contributed by atoms with E-state index in [-0.39, 0.29) is 23.0 Å². The number of aromatic nitrogens is 2. The van der Waals surface area contributed by atoms with Gasteiger partial charge in [-0.05, 0) is 48.2 Å². The Balaban J connectivity index is 1.02. The van der Waals surface area contributed by atoms with Gasteiger partial charge in [0.25, 0.3) is 0 Å². The minimum absolute atomic E-state index is 0.151. The van der Waals surface area contributed by atoms with Crippen molar-refractivity contribution in [3.05, 3.63) is 77.6 Å². The highest BCUT2D eigenvalue weighted by Gasteiger charge is 2.52. The summed E-state index contributed by atoms with van der Waals surface area (Å²) in [5.41, 5.74) is 9.28. The fraction of sp³-hybridized carbons (Fsp3) is 0.433. The maximum Gasteiger partial charge on any atom is 0.225 e. The van der Waals surface area contributed by atoms with Gasteiger partial charge in [-0.3, -0.25) is 4.79 Å². The number of rotatable bonds is 8. The van der Waals surface area contributed by atoms with E-state index >= 15 is 0 Å². The minimum Gasteiger partial charge on any atom is -0.490 e. The van der Waals surface area contributed by atoms with Gasteiger partial charge in [0.1, 0.15) is 30.0 Å². The molecule has 3 fully saturated rings. The SMILES string of the molecule is CC(C)(c1ccc(OCc2cnc(N3CC4(CC(=O)C4)C3)nc2)cc1)c1ccc(OC2CC(N)C2)cc1. The highest BCUT2D eigenvalue weighted by atomic mass is 16.5. The summed E-state index contributed by atoms with van der Waals surface area (Å²) >= 11 is 0. The first kappa shape index (κ1) is 23.9. The molecule has 2 N–H and O–H groups in total. The van der Waals surface area contributed by atoms with Gasteiger partial charge < -0.3 is 20.1 Å². The third-order valence-corrected chi connectivity index (χ3v) is 8.16. The molecule has 0 unspecified atom stereocenters. The second kappa shape index (κ2) is 9.14. The van der Waals surface area contributed by atoms with Gasteiger partial charge in [0.2, 0.25) is 5.95 Å². The van der Waals surface area contributed by atoms with Gasteiger partial charge in [-0.1, -0.05) is 38.1 Å². The normalized spacial score (nSPS) is 22.1. The van der Waals surface area contributed by atoms with Crippen LogP contribution in [0, 0.1) is 5.41 Å². The summed E-state index contributed by atoms with van der Waals surface area (Å²) in [5, 5.41) is 0. The van der Waals surface area contributed by atoms with Gasteiger partial charge >= 0.3 is 0 Å². The lowest BCUT2D eigenvalue weighted by atomic mass is 9.63. The van der Waals surface area contributed by atoms with Gasteiger partial charge in [0.05, 0.1) is 0 Å². The zero-order chi connectivity index (χ0) is 25.6. The molecule has 7 nitrogen and oxygen atoms in total. The Kier molecular flexibility index (Phi) is 5.91. The number of hydrogen-bond acceptors (Lipinski definition) is 7. The van der Waals surface area contributed by atoms with Crippen molar-refractivity contribution in [2.24, 2.45) is 11.1 Å². The number of hydrogen-bond donors (Lipinski definition) is 1. The van der Waals surface area contributed by atoms with Crippen LogP contribution in [0.25, 0.3) is 0 Å². The molecule has 0 bridgehead atoms. The first-order valence-corrected chi connectivity index (χ1v) is 13.1. The van der Waals surface area contributed by atoms with E-state index in [1.54, 1.807) is 0 Å². The molecule has 2 saturated carbocycles. The third kappa shape index (κ3) is 4.80. The lowest BCUT2D eigenvalue weighted by molar-refractivity contribution is -0.134. The van der Waals surface area contributed by atoms with E-state index in [0.29, 0.717) is 25.2 Å². The molecule has 7 heteroatoms. The van der Waals surface area contributed by atoms with Crippen molar-refractivity contribution in [1.29, 1.82) is 0 Å². The smallest absolute Gasteiger partial charge is 0.225 e. The van der Waals surface area contributed by atoms with E-state index in [4.69, 9.17) is 15.2 Å². The number of carbonyl (C=O) groups is 1. The van der Waals surface area contributed by atoms with E-state index in [1.165, 1.54) is 11.1 Å². The summed E-state index contributed by atoms with van der Waals surface area (Å²) in [6.45, 7) is 6.63. The highest BCUT2D eigenvalue weighted by molar-refractivity contribution is 5.87. The molecule has 3 aromatic rings. The summed E-state index contributed by atoms with van der Waals surface area (Å²) < 4.78 is 12.0. The first-order valence-electron chi connectivity index (χ1n) is 13.1. The second-order valence-corrected chi connectivity index (χ2v) is 11.6. The summed E-state index contributed by atoms with van der Waals surface area (Å²) in [6, 6.07) is 17.0. The van der Waals surface area contributed by atoms with Gasteiger partial charge in [-0.25, -0.2) is 9.97 Å². The largest absolute Gasteiger partial charge is 0.490 e. The van der Waals surface area contributed by atoms with Crippen LogP contribution in [0.4, 0.5) is 5.95 Å². The number of ketones is 1. The topological polar surface area (TPSA) is 90.6 Å². The lowest BCUT2D eigenvalue weighted by Crippen LogP contribution is -2.63. The monoisotopic (exact) mass is 498 g/mol. The van der Waals surface area contributed by atoms with Crippen LogP contribution in [-0.2, 0) is 16.8 Å². The Bertz CT molecular complexity index is 1250. The predicted octanol–water partition coefficient (Wildman–Crippen LogP) is 4.42. The maximum absolute atomic E-state index is 11.3. The molecule has 3 aliphatic rings. The molecule has 2 aliphatic carbocycles. The van der Waals surface area contributed by atoms with Crippen LogP contribution in [-0.4, -0.2) is 41.0 Å². The van der Waals surface area contributed by atoms with E-state index < -0.39 is 0 Å². The summed E-state index contributed by atoms with van der Waals surface area (Å²) in [4.78, 5) is 22.5. The summed E-state index contributed by atoms with van der Waals surface area (Å²) in [5.74, 6) is 2.82. The zero-order valence-corrected chi connectivity index (χ0v) is 21.5. The first-order chi connectivity index (χ1) is 17.8. The Hall–Kier alpha value is -3.45. The van der Waals surface area contributed by atoms with Crippen molar-refractivity contribution >= 4 is 11.7 Å². The fourth-order valence-electron chi connectivity index (χ4n) is 5.65. The van der Waals surface area contributed by atoms with Crippen molar-refractivity contribution in [1.82, 2.24) is 9.97 Å². The Labute approximate surface area is 218 Å². The molecule has 1 aliphatic heterocycles. The van der Waals surface area contributed by atoms with Gasteiger partial charge in [0, 0.05) is 60.8 Å². The van der Waals surface area contributed by atoms with Gasteiger partial charge in [0.15, 0.2) is 0 Å². The molecule has 0 atom stereocenters. The number of nitrogens with two attached hydrogens (primary N) is 1. The Morgan fingerprint density at radius 1 is 0.946 bits per heavy atom. The van der Waals surface area contributed by atoms with Gasteiger partial charge in [-0.2, -0.15) is 0 Å². The maximum atomic E-state index is 11.3. The van der Waals surface area contributed by atoms with Crippen LogP contribution in [0.5, 0.6) is 11.5 Å². The lowest BCUT2D eigenvalue weighted by Gasteiger charge is -2.54. The van der Waals surface area contributed by atoms with Crippen LogP contribution >= 0.6 is 0 Å². The number of carbonyl (C=O) groups excluding carboxylic acids is 1. The number of nitrogens with zero attached hydrogens (tertiary/aromatic N) is 3. The molecule has 2 heterocycles. The number of Topliss-reactive ketones (excluding diaryl/α,β-unsaturated/α-hetero) is 1. The molecule has 1 saturated heterocycles. The third-order valence-electron chi connectivity index (χ3n) is 8.16. The minimum atomic E-state index is -0.151. The fourth-order valence-corrected chi connectivity index (χ4v) is 5.65. The molecule has 192 valence electrons. The summed E-state index contributed by atoms with van der Waals surface area (Å²) in [7, 11) is 0. The number of benzene rings is 2. The molecule has 6 rings (SSSR count). The average Bonchev–Trinajstić information content (AvgIpc) is 2.84. The van der Waals surface area contributed by atoms with E-state index in [0.717, 1.165) is 48.9 Å². The van der Waals surface area contributed by atoms with E-state index in [9.17, 15) is 4.79 Å². The van der Waals surface area contributed by atoms with Crippen LogP contribution < -0.4 is 20.1 Å². The van der Waals surface area contributed by atoms with Crippen LogP contribution in [0.15, 0.2) is 60.9 Å². The van der Waals surface area contributed by atoms with Crippen molar-refractivity contribution in [3.63, 3.8) is 0 Å². The number of ether oxygens (including phenoxy) is 2.